The highest BCUT2D eigenvalue weighted by Crippen LogP contribution is 2.25. The molecule has 140 valence electrons. The maximum absolute atomic E-state index is 12.3. The zero-order valence-corrected chi connectivity index (χ0v) is 15.1. The van der Waals surface area contributed by atoms with Gasteiger partial charge < -0.3 is 20.1 Å². The zero-order valence-electron chi connectivity index (χ0n) is 15.1. The molecule has 2 N–H and O–H groups in total. The number of amides is 2. The minimum Gasteiger partial charge on any atom is -0.444 e. The molecule has 6 nitrogen and oxygen atoms in total. The third-order valence-electron chi connectivity index (χ3n) is 2.83. The third-order valence-corrected chi connectivity index (χ3v) is 2.83. The van der Waals surface area contributed by atoms with E-state index >= 15 is 0 Å². The van der Waals surface area contributed by atoms with Crippen molar-refractivity contribution < 1.29 is 27.8 Å². The monoisotopic (exact) mass is 350 g/mol. The molecule has 4 atom stereocenters. The number of nitrogens with one attached hydrogen (secondary N) is 2. The number of hydrogen-bond donors (Lipinski definition) is 2. The zero-order chi connectivity index (χ0) is 18.7. The van der Waals surface area contributed by atoms with E-state index in [1.54, 1.807) is 41.5 Å². The van der Waals surface area contributed by atoms with Gasteiger partial charge in [0.05, 0.1) is 12.1 Å². The Morgan fingerprint density at radius 2 is 1.04 bits per heavy atom. The van der Waals surface area contributed by atoms with Gasteiger partial charge in [-0.05, 0) is 41.5 Å². The fraction of sp³-hybridized carbons (Fsp3) is 0.875. The number of alkyl carbamates (subject to hydrolysis) is 2. The number of alkyl halides is 2. The molecule has 8 heteroatoms. The second-order valence-electron chi connectivity index (χ2n) is 8.01. The van der Waals surface area contributed by atoms with Crippen molar-refractivity contribution in [2.45, 2.75) is 90.0 Å². The standard InChI is InChI=1S/2C8H14FNO2/c2*1-8(2,3)12-7(11)10-6-4-5(6)9/h2*5-6H,4H2,1-3H3,(H,10,11)/t2*5-,6-/m10/s1. The van der Waals surface area contributed by atoms with Crippen LogP contribution < -0.4 is 10.6 Å². The molecular weight excluding hydrogens is 322 g/mol. The minimum atomic E-state index is -0.877. The van der Waals surface area contributed by atoms with Crippen LogP contribution in [0.25, 0.3) is 0 Å². The quantitative estimate of drug-likeness (QED) is 0.801. The van der Waals surface area contributed by atoms with Crippen LogP contribution in [0.5, 0.6) is 0 Å². The summed E-state index contributed by atoms with van der Waals surface area (Å²) in [5.41, 5.74) is -1.02. The molecule has 0 heterocycles. The summed E-state index contributed by atoms with van der Waals surface area (Å²) >= 11 is 0. The Kier molecular flexibility index (Phi) is 6.41. The Bertz CT molecular complexity index is 418. The predicted molar refractivity (Wildman–Crippen MR) is 85.3 cm³/mol. The molecule has 24 heavy (non-hydrogen) atoms. The van der Waals surface area contributed by atoms with Crippen molar-refractivity contribution in [3.05, 3.63) is 0 Å². The Labute approximate surface area is 141 Å². The van der Waals surface area contributed by atoms with E-state index in [1.165, 1.54) is 0 Å². The van der Waals surface area contributed by atoms with Gasteiger partial charge in [0.25, 0.3) is 0 Å². The second kappa shape index (κ2) is 7.53. The van der Waals surface area contributed by atoms with E-state index in [2.05, 4.69) is 10.6 Å². The van der Waals surface area contributed by atoms with Crippen LogP contribution in [0.2, 0.25) is 0 Å². The first-order chi connectivity index (χ1) is 10.8. The summed E-state index contributed by atoms with van der Waals surface area (Å²) in [6.45, 7) is 10.6. The topological polar surface area (TPSA) is 76.7 Å². The average Bonchev–Trinajstić information content (AvgIpc) is 3.17. The van der Waals surface area contributed by atoms with Gasteiger partial charge in [0.2, 0.25) is 0 Å². The fourth-order valence-corrected chi connectivity index (χ4v) is 1.54. The van der Waals surface area contributed by atoms with Crippen molar-refractivity contribution in [1.29, 1.82) is 0 Å². The molecule has 0 saturated heterocycles. The highest BCUT2D eigenvalue weighted by Gasteiger charge is 2.40. The first-order valence-electron chi connectivity index (χ1n) is 8.04. The number of ether oxygens (including phenoxy) is 2. The van der Waals surface area contributed by atoms with Gasteiger partial charge in [-0.3, -0.25) is 0 Å². The molecule has 2 rings (SSSR count). The molecule has 2 amide bonds. The Balaban J connectivity index is 0.000000240. The number of carbonyl (C=O) groups excluding carboxylic acids is 2. The van der Waals surface area contributed by atoms with Crippen molar-refractivity contribution >= 4 is 12.2 Å². The van der Waals surface area contributed by atoms with Crippen molar-refractivity contribution in [1.82, 2.24) is 10.6 Å². The maximum Gasteiger partial charge on any atom is 0.407 e. The first-order valence-corrected chi connectivity index (χ1v) is 8.04. The van der Waals surface area contributed by atoms with Gasteiger partial charge in [0.1, 0.15) is 23.5 Å². The van der Waals surface area contributed by atoms with Gasteiger partial charge in [-0.1, -0.05) is 0 Å². The van der Waals surface area contributed by atoms with Crippen LogP contribution in [0.4, 0.5) is 18.4 Å². The molecule has 0 aliphatic heterocycles. The highest BCUT2D eigenvalue weighted by molar-refractivity contribution is 5.69. The highest BCUT2D eigenvalue weighted by atomic mass is 19.1. The van der Waals surface area contributed by atoms with Gasteiger partial charge in [-0.2, -0.15) is 0 Å². The molecule has 0 aromatic rings. The van der Waals surface area contributed by atoms with Crippen LogP contribution in [-0.4, -0.2) is 47.8 Å². The largest absolute Gasteiger partial charge is 0.444 e. The molecule has 2 saturated carbocycles. The molecule has 0 radical (unpaired) electrons. The molecule has 0 bridgehead atoms. The molecule has 0 aromatic carbocycles. The normalized spacial score (nSPS) is 28.0. The predicted octanol–water partition coefficient (Wildman–Crippen LogP) is 3.24. The van der Waals surface area contributed by atoms with Crippen LogP contribution in [-0.2, 0) is 9.47 Å². The van der Waals surface area contributed by atoms with Gasteiger partial charge in [0.15, 0.2) is 0 Å². The molecule has 2 fully saturated rings. The number of halogens is 2. The van der Waals surface area contributed by atoms with Crippen LogP contribution in [0.1, 0.15) is 54.4 Å². The van der Waals surface area contributed by atoms with E-state index in [1.807, 2.05) is 0 Å². The molecular formula is C16H28F2N2O4. The molecule has 0 spiro atoms. The smallest absolute Gasteiger partial charge is 0.407 e. The number of hydrogen-bond acceptors (Lipinski definition) is 4. The Morgan fingerprint density at radius 1 is 0.792 bits per heavy atom. The Hall–Kier alpha value is -1.60. The minimum absolute atomic E-state index is 0.320. The summed E-state index contributed by atoms with van der Waals surface area (Å²) < 4.78 is 34.4. The summed E-state index contributed by atoms with van der Waals surface area (Å²) in [6, 6.07) is -0.639. The summed E-state index contributed by atoms with van der Waals surface area (Å²) in [4.78, 5) is 21.9. The lowest BCUT2D eigenvalue weighted by atomic mass is 10.2. The fourth-order valence-electron chi connectivity index (χ4n) is 1.54. The van der Waals surface area contributed by atoms with E-state index in [4.69, 9.17) is 9.47 Å². The lowest BCUT2D eigenvalue weighted by Crippen LogP contribution is -2.34. The van der Waals surface area contributed by atoms with Crippen molar-refractivity contribution in [2.75, 3.05) is 0 Å². The summed E-state index contributed by atoms with van der Waals surface area (Å²) in [7, 11) is 0. The van der Waals surface area contributed by atoms with Gasteiger partial charge in [-0.25, -0.2) is 18.4 Å². The van der Waals surface area contributed by atoms with Crippen LogP contribution in [0.15, 0.2) is 0 Å². The van der Waals surface area contributed by atoms with Crippen molar-refractivity contribution in [2.24, 2.45) is 0 Å². The van der Waals surface area contributed by atoms with Gasteiger partial charge in [0, 0.05) is 12.8 Å². The maximum atomic E-state index is 12.3. The Morgan fingerprint density at radius 3 is 1.21 bits per heavy atom. The van der Waals surface area contributed by atoms with E-state index in [-0.39, 0.29) is 12.1 Å². The van der Waals surface area contributed by atoms with Crippen molar-refractivity contribution in [3.63, 3.8) is 0 Å². The van der Waals surface area contributed by atoms with E-state index in [0.717, 1.165) is 0 Å². The SMILES string of the molecule is CC(C)(C)OC(=O)N[C@@H]1C[C@H]1F.CC(C)(C)OC(=O)N[C@H]1C[C@@H]1F. The lowest BCUT2D eigenvalue weighted by molar-refractivity contribution is 0.0508. The molecule has 2 aliphatic carbocycles. The van der Waals surface area contributed by atoms with E-state index < -0.39 is 35.7 Å². The average molecular weight is 350 g/mol. The van der Waals surface area contributed by atoms with E-state index in [9.17, 15) is 18.4 Å². The van der Waals surface area contributed by atoms with Gasteiger partial charge >= 0.3 is 12.2 Å². The van der Waals surface area contributed by atoms with Crippen LogP contribution in [0.3, 0.4) is 0 Å². The second-order valence-corrected chi connectivity index (χ2v) is 8.01. The number of carbonyl (C=O) groups is 2. The van der Waals surface area contributed by atoms with Gasteiger partial charge in [-0.15, -0.1) is 0 Å². The number of rotatable bonds is 2. The molecule has 0 unspecified atom stereocenters. The van der Waals surface area contributed by atoms with Crippen LogP contribution >= 0.6 is 0 Å². The summed E-state index contributed by atoms with van der Waals surface area (Å²) in [5, 5.41) is 4.85. The summed E-state index contributed by atoms with van der Waals surface area (Å²) in [5.74, 6) is 0. The van der Waals surface area contributed by atoms with E-state index in [0.29, 0.717) is 12.8 Å². The van der Waals surface area contributed by atoms with Crippen molar-refractivity contribution in [3.8, 4) is 0 Å². The van der Waals surface area contributed by atoms with Crippen LogP contribution in [0, 0.1) is 0 Å². The third kappa shape index (κ3) is 9.52. The molecule has 2 aliphatic rings. The lowest BCUT2D eigenvalue weighted by Gasteiger charge is -2.19. The first kappa shape index (κ1) is 20.4. The molecule has 0 aromatic heterocycles. The summed E-state index contributed by atoms with van der Waals surface area (Å²) in [6.07, 6.45) is -1.99.